The van der Waals surface area contributed by atoms with Crippen LogP contribution in [0.2, 0.25) is 0 Å². The van der Waals surface area contributed by atoms with Crippen LogP contribution in [0.5, 0.6) is 0 Å². The van der Waals surface area contributed by atoms with Gasteiger partial charge in [-0.2, -0.15) is 18.4 Å². The normalized spacial score (nSPS) is 13.9. The van der Waals surface area contributed by atoms with Gasteiger partial charge >= 0.3 is 6.18 Å². The number of nitrogens with zero attached hydrogens (tertiary/aromatic N) is 4. The second-order valence-electron chi connectivity index (χ2n) is 8.38. The zero-order valence-electron chi connectivity index (χ0n) is 19.0. The van der Waals surface area contributed by atoms with E-state index in [-0.39, 0.29) is 73.0 Å². The van der Waals surface area contributed by atoms with Crippen molar-refractivity contribution in [2.45, 2.75) is 38.1 Å². The Labute approximate surface area is 213 Å². The molecule has 3 aromatic rings. The molecule has 2 N–H and O–H groups in total. The number of nitrogens with two attached hydrogens (primary N) is 1. The first-order valence-corrected chi connectivity index (χ1v) is 10.8. The summed E-state index contributed by atoms with van der Waals surface area (Å²) in [7, 11) is 0. The fourth-order valence-corrected chi connectivity index (χ4v) is 4.23. The fraction of sp³-hybridized carbons (Fsp3) is 0.292. The molecule has 1 aromatic heterocycles. The number of imidazole rings is 1. The number of amides is 1. The van der Waals surface area contributed by atoms with E-state index in [1.807, 2.05) is 6.07 Å². The molecule has 0 unspecified atom stereocenters. The van der Waals surface area contributed by atoms with Gasteiger partial charge in [0.05, 0.1) is 29.6 Å². The van der Waals surface area contributed by atoms with E-state index in [9.17, 15) is 36.4 Å². The Bertz CT molecular complexity index is 1370. The predicted molar refractivity (Wildman–Crippen MR) is 123 cm³/mol. The van der Waals surface area contributed by atoms with Crippen LogP contribution in [-0.4, -0.2) is 32.9 Å². The molecule has 6 nitrogen and oxygen atoms in total. The quantitative estimate of drug-likeness (QED) is 0.377. The first kappa shape index (κ1) is 28.0. The van der Waals surface area contributed by atoms with Crippen LogP contribution < -0.4 is 5.73 Å². The number of hydrogen-bond donors (Lipinski definition) is 1. The number of carbonyl (C=O) groups excluding carboxylic acids is 1. The SMILES string of the molecule is Cl.N#Cc1ccccc1-c1nc(C(F)(F)F)n2c1CN(C(=O)C[C@H](N)Cc1cc(F)c(F)cc1F)CC2. The molecular weight excluding hydrogens is 524 g/mol. The molecule has 13 heteroatoms. The van der Waals surface area contributed by atoms with Crippen LogP contribution in [0, 0.1) is 28.8 Å². The Hall–Kier alpha value is -3.56. The van der Waals surface area contributed by atoms with Crippen LogP contribution in [0.25, 0.3) is 11.3 Å². The number of benzene rings is 2. The molecule has 2 aromatic carbocycles. The van der Waals surface area contributed by atoms with Crippen LogP contribution in [0.4, 0.5) is 26.3 Å². The summed E-state index contributed by atoms with van der Waals surface area (Å²) < 4.78 is 82.6. The average Bonchev–Trinajstić information content (AvgIpc) is 3.21. The lowest BCUT2D eigenvalue weighted by molar-refractivity contribution is -0.148. The minimum Gasteiger partial charge on any atom is -0.335 e. The molecule has 0 radical (unpaired) electrons. The second-order valence-corrected chi connectivity index (χ2v) is 8.38. The summed E-state index contributed by atoms with van der Waals surface area (Å²) in [4.78, 5) is 18.0. The average molecular weight is 544 g/mol. The Kier molecular flexibility index (Phi) is 8.19. The molecule has 1 amide bonds. The van der Waals surface area contributed by atoms with Gasteiger partial charge in [0.25, 0.3) is 0 Å². The number of halogens is 7. The number of aromatic nitrogens is 2. The molecule has 1 aliphatic heterocycles. The number of hydrogen-bond acceptors (Lipinski definition) is 4. The van der Waals surface area contributed by atoms with Gasteiger partial charge in [-0.15, -0.1) is 12.4 Å². The summed E-state index contributed by atoms with van der Waals surface area (Å²) in [6, 6.07) is 8.12. The number of rotatable bonds is 5. The second kappa shape index (κ2) is 10.8. The highest BCUT2D eigenvalue weighted by Crippen LogP contribution is 2.37. The molecule has 1 aliphatic rings. The van der Waals surface area contributed by atoms with Crippen molar-refractivity contribution in [3.63, 3.8) is 0 Å². The smallest absolute Gasteiger partial charge is 0.335 e. The van der Waals surface area contributed by atoms with E-state index >= 15 is 0 Å². The monoisotopic (exact) mass is 543 g/mol. The van der Waals surface area contributed by atoms with E-state index < -0.39 is 41.4 Å². The van der Waals surface area contributed by atoms with Crippen molar-refractivity contribution < 1.29 is 31.1 Å². The molecular formula is C24H20ClF6N5O. The van der Waals surface area contributed by atoms with E-state index in [4.69, 9.17) is 5.73 Å². The van der Waals surface area contributed by atoms with Gasteiger partial charge in [0.2, 0.25) is 11.7 Å². The first-order chi connectivity index (χ1) is 17.0. The van der Waals surface area contributed by atoms with E-state index in [1.54, 1.807) is 12.1 Å². The van der Waals surface area contributed by atoms with E-state index in [0.29, 0.717) is 12.1 Å². The molecule has 4 rings (SSSR count). The largest absolute Gasteiger partial charge is 0.449 e. The van der Waals surface area contributed by atoms with Crippen LogP contribution >= 0.6 is 12.4 Å². The van der Waals surface area contributed by atoms with E-state index in [2.05, 4.69) is 4.98 Å². The lowest BCUT2D eigenvalue weighted by atomic mass is 10.0. The van der Waals surface area contributed by atoms with Gasteiger partial charge in [0.15, 0.2) is 11.6 Å². The summed E-state index contributed by atoms with van der Waals surface area (Å²) in [6.07, 6.45) is -5.31. The van der Waals surface area contributed by atoms with Crippen molar-refractivity contribution in [1.82, 2.24) is 14.5 Å². The maximum atomic E-state index is 13.9. The summed E-state index contributed by atoms with van der Waals surface area (Å²) in [6.45, 7) is -0.467. The minimum atomic E-state index is -4.75. The van der Waals surface area contributed by atoms with Gasteiger partial charge in [-0.05, 0) is 24.1 Å². The summed E-state index contributed by atoms with van der Waals surface area (Å²) in [5, 5.41) is 9.41. The standard InChI is InChI=1S/C24H19F6N5O.ClH/c25-17-10-19(27)18(26)8-14(17)7-15(32)9-21(36)34-5-6-35-20(12-34)22(33-23(35)24(28,29)30)16-4-2-1-3-13(16)11-31;/h1-4,8,10,15H,5-7,9,12,32H2;1H/t15-;/m1./s1. The summed E-state index contributed by atoms with van der Waals surface area (Å²) in [5.41, 5.74) is 6.16. The summed E-state index contributed by atoms with van der Waals surface area (Å²) in [5.74, 6) is -5.24. The van der Waals surface area contributed by atoms with Crippen molar-refractivity contribution in [2.24, 2.45) is 5.73 Å². The van der Waals surface area contributed by atoms with Crippen molar-refractivity contribution in [1.29, 1.82) is 5.26 Å². The Morgan fingerprint density at radius 2 is 1.78 bits per heavy atom. The predicted octanol–water partition coefficient (Wildman–Crippen LogP) is 4.58. The third-order valence-electron chi connectivity index (χ3n) is 5.92. The minimum absolute atomic E-state index is 0. The molecule has 0 aliphatic carbocycles. The third-order valence-corrected chi connectivity index (χ3v) is 5.92. The number of nitriles is 1. The summed E-state index contributed by atoms with van der Waals surface area (Å²) >= 11 is 0. The number of alkyl halides is 3. The Morgan fingerprint density at radius 3 is 2.46 bits per heavy atom. The fourth-order valence-electron chi connectivity index (χ4n) is 4.23. The zero-order chi connectivity index (χ0) is 26.2. The van der Waals surface area contributed by atoms with Gasteiger partial charge in [0, 0.05) is 37.2 Å². The molecule has 2 heterocycles. The van der Waals surface area contributed by atoms with Crippen molar-refractivity contribution >= 4 is 18.3 Å². The molecule has 1 atom stereocenters. The highest BCUT2D eigenvalue weighted by atomic mass is 35.5. The number of carbonyl (C=O) groups is 1. The molecule has 37 heavy (non-hydrogen) atoms. The van der Waals surface area contributed by atoms with E-state index in [1.165, 1.54) is 17.0 Å². The van der Waals surface area contributed by atoms with Crippen molar-refractivity contribution in [2.75, 3.05) is 6.54 Å². The Balaban J connectivity index is 0.00000380. The van der Waals surface area contributed by atoms with Gasteiger partial charge in [0.1, 0.15) is 5.82 Å². The van der Waals surface area contributed by atoms with Gasteiger partial charge in [-0.3, -0.25) is 4.79 Å². The maximum Gasteiger partial charge on any atom is 0.449 e. The van der Waals surface area contributed by atoms with Crippen LogP contribution in [-0.2, 0) is 30.5 Å². The van der Waals surface area contributed by atoms with Gasteiger partial charge in [-0.25, -0.2) is 18.2 Å². The van der Waals surface area contributed by atoms with Crippen LogP contribution in [0.15, 0.2) is 36.4 Å². The van der Waals surface area contributed by atoms with Crippen molar-refractivity contribution in [3.8, 4) is 17.3 Å². The van der Waals surface area contributed by atoms with Gasteiger partial charge < -0.3 is 15.2 Å². The van der Waals surface area contributed by atoms with Crippen LogP contribution in [0.3, 0.4) is 0 Å². The highest BCUT2D eigenvalue weighted by molar-refractivity contribution is 5.85. The molecule has 0 fully saturated rings. The molecule has 0 saturated heterocycles. The third kappa shape index (κ3) is 5.73. The van der Waals surface area contributed by atoms with Gasteiger partial charge in [-0.1, -0.05) is 18.2 Å². The zero-order valence-corrected chi connectivity index (χ0v) is 19.8. The highest BCUT2D eigenvalue weighted by Gasteiger charge is 2.41. The first-order valence-electron chi connectivity index (χ1n) is 10.8. The topological polar surface area (TPSA) is 87.9 Å². The van der Waals surface area contributed by atoms with E-state index in [0.717, 1.165) is 4.57 Å². The molecule has 196 valence electrons. The van der Waals surface area contributed by atoms with Crippen molar-refractivity contribution in [3.05, 3.63) is 76.5 Å². The maximum absolute atomic E-state index is 13.9. The molecule has 0 bridgehead atoms. The Morgan fingerprint density at radius 1 is 1.11 bits per heavy atom. The van der Waals surface area contributed by atoms with Crippen LogP contribution in [0.1, 0.15) is 29.1 Å². The lowest BCUT2D eigenvalue weighted by Gasteiger charge is -2.30. The molecule has 0 saturated carbocycles. The molecule has 0 spiro atoms. The number of fused-ring (bicyclic) bond motifs is 1. The lowest BCUT2D eigenvalue weighted by Crippen LogP contribution is -2.42.